The van der Waals surface area contributed by atoms with E-state index in [9.17, 15) is 18.0 Å². The number of hydrogen-bond acceptors (Lipinski definition) is 5. The highest BCUT2D eigenvalue weighted by atomic mass is 32.2. The maximum absolute atomic E-state index is 12.7. The van der Waals surface area contributed by atoms with Gasteiger partial charge in [0, 0.05) is 35.2 Å². The minimum absolute atomic E-state index is 0.0374. The van der Waals surface area contributed by atoms with Crippen molar-refractivity contribution in [3.8, 4) is 0 Å². The average Bonchev–Trinajstić information content (AvgIpc) is 2.86. The first-order chi connectivity index (χ1) is 16.8. The van der Waals surface area contributed by atoms with Crippen molar-refractivity contribution in [2.24, 2.45) is 0 Å². The van der Waals surface area contributed by atoms with Crippen molar-refractivity contribution < 1.29 is 18.0 Å². The van der Waals surface area contributed by atoms with Crippen molar-refractivity contribution in [3.05, 3.63) is 83.7 Å². The molecule has 182 valence electrons. The highest BCUT2D eigenvalue weighted by Gasteiger charge is 2.18. The van der Waals surface area contributed by atoms with Crippen LogP contribution in [0.2, 0.25) is 0 Å². The van der Waals surface area contributed by atoms with Crippen molar-refractivity contribution in [1.82, 2.24) is 10.3 Å². The van der Waals surface area contributed by atoms with Gasteiger partial charge in [-0.05, 0) is 79.9 Å². The van der Waals surface area contributed by atoms with E-state index in [0.29, 0.717) is 22.5 Å². The molecule has 2 aromatic carbocycles. The Hall–Kier alpha value is -3.72. The number of aryl methyl sites for hydroxylation is 1. The second-order valence-corrected chi connectivity index (χ2v) is 10.3. The van der Waals surface area contributed by atoms with Crippen LogP contribution in [0.5, 0.6) is 0 Å². The minimum Gasteiger partial charge on any atom is -0.349 e. The van der Waals surface area contributed by atoms with Gasteiger partial charge in [-0.3, -0.25) is 19.3 Å². The molecule has 8 nitrogen and oxygen atoms in total. The number of anilines is 2. The lowest BCUT2D eigenvalue weighted by Crippen LogP contribution is -2.36. The van der Waals surface area contributed by atoms with E-state index in [-0.39, 0.29) is 22.8 Å². The van der Waals surface area contributed by atoms with Gasteiger partial charge in [0.1, 0.15) is 0 Å². The summed E-state index contributed by atoms with van der Waals surface area (Å²) in [6.07, 6.45) is 8.51. The molecule has 0 atom stereocenters. The zero-order valence-corrected chi connectivity index (χ0v) is 20.3. The van der Waals surface area contributed by atoms with E-state index in [1.807, 2.05) is 6.92 Å². The Bertz CT molecular complexity index is 1300. The van der Waals surface area contributed by atoms with E-state index in [1.54, 1.807) is 30.3 Å². The van der Waals surface area contributed by atoms with Gasteiger partial charge in [0.15, 0.2) is 0 Å². The van der Waals surface area contributed by atoms with Crippen LogP contribution in [0.25, 0.3) is 0 Å². The molecule has 1 aliphatic rings. The molecule has 0 bridgehead atoms. The minimum atomic E-state index is -3.79. The van der Waals surface area contributed by atoms with Crippen LogP contribution in [0.4, 0.5) is 11.4 Å². The molecule has 1 saturated carbocycles. The molecule has 9 heteroatoms. The van der Waals surface area contributed by atoms with Crippen molar-refractivity contribution in [2.75, 3.05) is 10.0 Å². The summed E-state index contributed by atoms with van der Waals surface area (Å²) >= 11 is 0. The molecule has 0 saturated heterocycles. The lowest BCUT2D eigenvalue weighted by Gasteiger charge is -2.23. The van der Waals surface area contributed by atoms with E-state index in [0.717, 1.165) is 31.2 Å². The third-order valence-corrected chi connectivity index (χ3v) is 7.43. The van der Waals surface area contributed by atoms with Crippen molar-refractivity contribution in [3.63, 3.8) is 0 Å². The zero-order valence-electron chi connectivity index (χ0n) is 19.5. The van der Waals surface area contributed by atoms with Crippen LogP contribution in [0, 0.1) is 6.92 Å². The standard InChI is InChI=1S/C26H28N4O4S/c1-18-17-20(26(32)28-21-5-3-2-4-6-21)9-12-24(18)29-25(31)19-7-10-23(11-8-19)35(33,34)30-22-13-15-27-16-14-22/h7-17,21H,2-6H2,1H3,(H,27,30)(H,28,32)(H,29,31). The molecule has 3 aromatic rings. The summed E-state index contributed by atoms with van der Waals surface area (Å²) in [5.41, 5.74) is 2.61. The highest BCUT2D eigenvalue weighted by Crippen LogP contribution is 2.21. The Morgan fingerprint density at radius 2 is 1.51 bits per heavy atom. The lowest BCUT2D eigenvalue weighted by atomic mass is 9.95. The van der Waals surface area contributed by atoms with Crippen LogP contribution < -0.4 is 15.4 Å². The molecule has 1 heterocycles. The molecule has 0 spiro atoms. The van der Waals surface area contributed by atoms with Gasteiger partial charge in [0.05, 0.1) is 10.6 Å². The largest absolute Gasteiger partial charge is 0.349 e. The third-order valence-electron chi connectivity index (χ3n) is 6.04. The Morgan fingerprint density at radius 3 is 2.17 bits per heavy atom. The number of pyridine rings is 1. The molecule has 4 rings (SSSR count). The van der Waals surface area contributed by atoms with Crippen LogP contribution in [0.15, 0.2) is 71.9 Å². The Labute approximate surface area is 205 Å². The van der Waals surface area contributed by atoms with Gasteiger partial charge in [0.25, 0.3) is 21.8 Å². The van der Waals surface area contributed by atoms with Crippen molar-refractivity contribution >= 4 is 33.2 Å². The quantitative estimate of drug-likeness (QED) is 0.449. The summed E-state index contributed by atoms with van der Waals surface area (Å²) in [5, 5.41) is 5.93. The number of amides is 2. The molecule has 0 aliphatic heterocycles. The Morgan fingerprint density at radius 1 is 0.857 bits per heavy atom. The van der Waals surface area contributed by atoms with Gasteiger partial charge in [-0.25, -0.2) is 8.42 Å². The van der Waals surface area contributed by atoms with Crippen molar-refractivity contribution in [1.29, 1.82) is 0 Å². The maximum atomic E-state index is 12.7. The van der Waals surface area contributed by atoms with Gasteiger partial charge in [-0.15, -0.1) is 0 Å². The van der Waals surface area contributed by atoms with Gasteiger partial charge in [-0.2, -0.15) is 0 Å². The predicted octanol–water partition coefficient (Wildman–Crippen LogP) is 4.51. The summed E-state index contributed by atoms with van der Waals surface area (Å²) in [6.45, 7) is 1.83. The number of benzene rings is 2. The maximum Gasteiger partial charge on any atom is 0.261 e. The van der Waals surface area contributed by atoms with Gasteiger partial charge in [-0.1, -0.05) is 19.3 Å². The van der Waals surface area contributed by atoms with Crippen LogP contribution in [0.3, 0.4) is 0 Å². The summed E-state index contributed by atoms with van der Waals surface area (Å²) < 4.78 is 27.6. The van der Waals surface area contributed by atoms with Crippen molar-refractivity contribution in [2.45, 2.75) is 50.0 Å². The van der Waals surface area contributed by atoms with Gasteiger partial charge in [0.2, 0.25) is 0 Å². The first-order valence-corrected chi connectivity index (χ1v) is 13.1. The molecule has 1 aromatic heterocycles. The fraction of sp³-hybridized carbons (Fsp3) is 0.269. The number of hydrogen-bond donors (Lipinski definition) is 3. The first-order valence-electron chi connectivity index (χ1n) is 11.6. The number of aromatic nitrogens is 1. The molecular weight excluding hydrogens is 464 g/mol. The molecule has 0 radical (unpaired) electrons. The van der Waals surface area contributed by atoms with E-state index in [4.69, 9.17) is 0 Å². The number of sulfonamides is 1. The first kappa shape index (κ1) is 24.4. The number of nitrogens with zero attached hydrogens (tertiary/aromatic N) is 1. The molecular formula is C26H28N4O4S. The number of carbonyl (C=O) groups is 2. The Kier molecular flexibility index (Phi) is 7.45. The normalized spacial score (nSPS) is 14.2. The van der Waals surface area contributed by atoms with E-state index < -0.39 is 10.0 Å². The molecule has 0 unspecified atom stereocenters. The summed E-state index contributed by atoms with van der Waals surface area (Å²) in [5.74, 6) is -0.478. The summed E-state index contributed by atoms with van der Waals surface area (Å²) in [6, 6.07) is 14.2. The zero-order chi connectivity index (χ0) is 24.8. The third kappa shape index (κ3) is 6.24. The Balaban J connectivity index is 1.39. The van der Waals surface area contributed by atoms with Gasteiger partial charge < -0.3 is 10.6 Å². The molecule has 1 fully saturated rings. The average molecular weight is 493 g/mol. The number of carbonyl (C=O) groups excluding carboxylic acids is 2. The van der Waals surface area contributed by atoms with Crippen LogP contribution in [-0.4, -0.2) is 31.3 Å². The van der Waals surface area contributed by atoms with Crippen LogP contribution in [-0.2, 0) is 10.0 Å². The fourth-order valence-electron chi connectivity index (χ4n) is 4.07. The summed E-state index contributed by atoms with van der Waals surface area (Å²) in [7, 11) is -3.79. The monoisotopic (exact) mass is 492 g/mol. The predicted molar refractivity (Wildman–Crippen MR) is 135 cm³/mol. The molecule has 3 N–H and O–H groups in total. The SMILES string of the molecule is Cc1cc(C(=O)NC2CCCCC2)ccc1NC(=O)c1ccc(S(=O)(=O)Nc2ccncc2)cc1. The number of nitrogens with one attached hydrogen (secondary N) is 3. The number of rotatable bonds is 7. The van der Waals surface area contributed by atoms with Crippen LogP contribution >= 0.6 is 0 Å². The molecule has 35 heavy (non-hydrogen) atoms. The van der Waals surface area contributed by atoms with E-state index in [1.165, 1.54) is 43.1 Å². The molecule has 2 amide bonds. The smallest absolute Gasteiger partial charge is 0.261 e. The topological polar surface area (TPSA) is 117 Å². The molecule has 1 aliphatic carbocycles. The second kappa shape index (κ2) is 10.7. The summed E-state index contributed by atoms with van der Waals surface area (Å²) in [4.78, 5) is 29.2. The lowest BCUT2D eigenvalue weighted by molar-refractivity contribution is 0.0927. The van der Waals surface area contributed by atoms with Crippen LogP contribution in [0.1, 0.15) is 58.4 Å². The van der Waals surface area contributed by atoms with E-state index >= 15 is 0 Å². The van der Waals surface area contributed by atoms with E-state index in [2.05, 4.69) is 20.3 Å². The fourth-order valence-corrected chi connectivity index (χ4v) is 5.13. The van der Waals surface area contributed by atoms with Gasteiger partial charge >= 0.3 is 0 Å². The highest BCUT2D eigenvalue weighted by molar-refractivity contribution is 7.92. The second-order valence-electron chi connectivity index (χ2n) is 8.66.